The third-order valence-corrected chi connectivity index (χ3v) is 7.15. The Morgan fingerprint density at radius 2 is 1.83 bits per heavy atom. The molecule has 0 saturated carbocycles. The molecule has 0 radical (unpaired) electrons. The molecule has 1 saturated heterocycles. The summed E-state index contributed by atoms with van der Waals surface area (Å²) in [6.07, 6.45) is 0.221. The van der Waals surface area contributed by atoms with Crippen LogP contribution in [0.5, 0.6) is 0 Å². The van der Waals surface area contributed by atoms with Gasteiger partial charge in [-0.3, -0.25) is 4.90 Å². The molecule has 2 rings (SSSR count). The predicted octanol–water partition coefficient (Wildman–Crippen LogP) is -0.349. The van der Waals surface area contributed by atoms with E-state index in [0.717, 1.165) is 6.26 Å². The fraction of sp³-hybridized carbons (Fsp3) is 0.714. The lowest BCUT2D eigenvalue weighted by Crippen LogP contribution is -2.42. The van der Waals surface area contributed by atoms with Crippen molar-refractivity contribution < 1.29 is 26.4 Å². The normalized spacial score (nSPS) is 24.1. The number of sulfonamides is 1. The Morgan fingerprint density at radius 1 is 1.25 bits per heavy atom. The number of furan rings is 1. The number of hydrogen-bond donors (Lipinski definition) is 1. The minimum Gasteiger partial charge on any atom is -0.463 e. The molecule has 1 fully saturated rings. The molecule has 0 aromatic carbocycles. The predicted molar refractivity (Wildman–Crippen MR) is 89.6 cm³/mol. The number of aliphatic hydroxyl groups is 1. The van der Waals surface area contributed by atoms with Crippen LogP contribution in [0.3, 0.4) is 0 Å². The van der Waals surface area contributed by atoms with Crippen molar-refractivity contribution in [3.63, 3.8) is 0 Å². The van der Waals surface area contributed by atoms with E-state index >= 15 is 0 Å². The van der Waals surface area contributed by atoms with Crippen LogP contribution in [0.4, 0.5) is 0 Å². The molecule has 1 aromatic rings. The van der Waals surface area contributed by atoms with E-state index in [-0.39, 0.29) is 18.1 Å². The first-order valence-corrected chi connectivity index (χ1v) is 11.3. The van der Waals surface area contributed by atoms with Gasteiger partial charge in [0.05, 0.1) is 43.0 Å². The van der Waals surface area contributed by atoms with Gasteiger partial charge in [-0.1, -0.05) is 6.92 Å². The van der Waals surface area contributed by atoms with Gasteiger partial charge in [-0.15, -0.1) is 0 Å². The molecule has 1 aliphatic rings. The molecule has 24 heavy (non-hydrogen) atoms. The van der Waals surface area contributed by atoms with Crippen molar-refractivity contribution in [1.29, 1.82) is 0 Å². The van der Waals surface area contributed by atoms with Crippen molar-refractivity contribution in [1.82, 2.24) is 9.21 Å². The van der Waals surface area contributed by atoms with Crippen LogP contribution in [-0.2, 0) is 33.0 Å². The van der Waals surface area contributed by atoms with Crippen LogP contribution in [0, 0.1) is 0 Å². The molecule has 0 amide bonds. The molecule has 0 spiro atoms. The number of aliphatic hydroxyl groups excluding tert-OH is 1. The number of hydrogen-bond acceptors (Lipinski definition) is 7. The highest BCUT2D eigenvalue weighted by atomic mass is 32.2. The standard InChI is InChI=1S/C14H24N2O6S2/c1-4-16(13-9-24(20,21)10-14(13)17)8-12-6-5-11(22-12)7-15(2)23(3,18)19/h5-6,13-14,17H,4,7-10H2,1-3H3/t13-,14-/m1/s1. The molecule has 0 aliphatic carbocycles. The average molecular weight is 380 g/mol. The second-order valence-corrected chi connectivity index (χ2v) is 10.4. The molecule has 0 unspecified atom stereocenters. The Hall–Kier alpha value is -0.940. The molecule has 1 aromatic heterocycles. The molecule has 1 aliphatic heterocycles. The van der Waals surface area contributed by atoms with E-state index in [1.165, 1.54) is 11.4 Å². The summed E-state index contributed by atoms with van der Waals surface area (Å²) < 4.78 is 53.0. The maximum Gasteiger partial charge on any atom is 0.211 e. The van der Waals surface area contributed by atoms with Crippen molar-refractivity contribution in [2.24, 2.45) is 0 Å². The zero-order chi connectivity index (χ0) is 18.1. The highest BCUT2D eigenvalue weighted by molar-refractivity contribution is 7.91. The van der Waals surface area contributed by atoms with Crippen LogP contribution in [-0.4, -0.2) is 74.6 Å². The van der Waals surface area contributed by atoms with Gasteiger partial charge in [0.25, 0.3) is 0 Å². The van der Waals surface area contributed by atoms with Gasteiger partial charge >= 0.3 is 0 Å². The Kier molecular flexibility index (Phi) is 5.75. The first kappa shape index (κ1) is 19.4. The van der Waals surface area contributed by atoms with E-state index in [1.54, 1.807) is 12.1 Å². The third-order valence-electron chi connectivity index (χ3n) is 4.19. The van der Waals surface area contributed by atoms with Gasteiger partial charge in [-0.25, -0.2) is 16.8 Å². The Morgan fingerprint density at radius 3 is 2.29 bits per heavy atom. The number of rotatable bonds is 7. The minimum atomic E-state index is -3.29. The summed E-state index contributed by atoms with van der Waals surface area (Å²) in [6.45, 7) is 2.94. The SMILES string of the molecule is CCN(Cc1ccc(CN(C)S(C)(=O)=O)o1)[C@@H]1CS(=O)(=O)C[C@H]1O. The van der Waals surface area contributed by atoms with Gasteiger partial charge in [-0.05, 0) is 18.7 Å². The van der Waals surface area contributed by atoms with E-state index in [1.807, 2.05) is 11.8 Å². The van der Waals surface area contributed by atoms with Crippen LogP contribution < -0.4 is 0 Å². The fourth-order valence-corrected chi connectivity index (χ4v) is 4.95. The molecule has 8 nitrogen and oxygen atoms in total. The van der Waals surface area contributed by atoms with E-state index in [0.29, 0.717) is 24.6 Å². The number of likely N-dealkylation sites (N-methyl/N-ethyl adjacent to an activating group) is 1. The largest absolute Gasteiger partial charge is 0.463 e. The van der Waals surface area contributed by atoms with Crippen LogP contribution in [0.25, 0.3) is 0 Å². The van der Waals surface area contributed by atoms with Crippen molar-refractivity contribution in [2.45, 2.75) is 32.2 Å². The first-order valence-electron chi connectivity index (χ1n) is 7.63. The van der Waals surface area contributed by atoms with Crippen molar-refractivity contribution in [3.05, 3.63) is 23.7 Å². The number of nitrogens with zero attached hydrogens (tertiary/aromatic N) is 2. The summed E-state index contributed by atoms with van der Waals surface area (Å²) in [5, 5.41) is 9.99. The summed E-state index contributed by atoms with van der Waals surface area (Å²) in [7, 11) is -5.04. The van der Waals surface area contributed by atoms with Crippen LogP contribution >= 0.6 is 0 Å². The van der Waals surface area contributed by atoms with Gasteiger partial charge < -0.3 is 9.52 Å². The van der Waals surface area contributed by atoms with Crippen molar-refractivity contribution in [3.8, 4) is 0 Å². The van der Waals surface area contributed by atoms with Gasteiger partial charge in [-0.2, -0.15) is 4.31 Å². The maximum atomic E-state index is 11.7. The van der Waals surface area contributed by atoms with E-state index in [4.69, 9.17) is 4.42 Å². The molecular weight excluding hydrogens is 356 g/mol. The zero-order valence-electron chi connectivity index (χ0n) is 14.0. The third kappa shape index (κ3) is 4.79. The highest BCUT2D eigenvalue weighted by Gasteiger charge is 2.39. The minimum absolute atomic E-state index is 0.0631. The second-order valence-electron chi connectivity index (χ2n) is 6.16. The smallest absolute Gasteiger partial charge is 0.211 e. The topological polar surface area (TPSA) is 108 Å². The summed E-state index contributed by atoms with van der Waals surface area (Å²) in [6, 6.07) is 2.99. The Balaban J connectivity index is 2.05. The van der Waals surface area contributed by atoms with Gasteiger partial charge in [0.2, 0.25) is 10.0 Å². The zero-order valence-corrected chi connectivity index (χ0v) is 15.7. The van der Waals surface area contributed by atoms with Crippen LogP contribution in [0.2, 0.25) is 0 Å². The Labute approximate surface area is 143 Å². The van der Waals surface area contributed by atoms with E-state index in [2.05, 4.69) is 0 Å². The second kappa shape index (κ2) is 7.12. The quantitative estimate of drug-likeness (QED) is 0.689. The van der Waals surface area contributed by atoms with E-state index < -0.39 is 32.0 Å². The lowest BCUT2D eigenvalue weighted by Gasteiger charge is -2.27. The molecule has 0 bridgehead atoms. The monoisotopic (exact) mass is 380 g/mol. The summed E-state index contributed by atoms with van der Waals surface area (Å²) in [4.78, 5) is 1.86. The summed E-state index contributed by atoms with van der Waals surface area (Å²) in [5.41, 5.74) is 0. The van der Waals surface area contributed by atoms with Gasteiger partial charge in [0.1, 0.15) is 11.5 Å². The lowest BCUT2D eigenvalue weighted by molar-refractivity contribution is 0.0771. The molecule has 2 atom stereocenters. The fourth-order valence-electron chi connectivity index (χ4n) is 2.75. The molecule has 138 valence electrons. The Bertz CT molecular complexity index is 771. The molecule has 10 heteroatoms. The lowest BCUT2D eigenvalue weighted by atomic mass is 10.2. The average Bonchev–Trinajstić information content (AvgIpc) is 2.98. The summed E-state index contributed by atoms with van der Waals surface area (Å²) >= 11 is 0. The maximum absolute atomic E-state index is 11.7. The molecule has 1 N–H and O–H groups in total. The molecule has 2 heterocycles. The van der Waals surface area contributed by atoms with E-state index in [9.17, 15) is 21.9 Å². The number of sulfone groups is 1. The first-order chi connectivity index (χ1) is 11.0. The van der Waals surface area contributed by atoms with Gasteiger partial charge in [0.15, 0.2) is 9.84 Å². The van der Waals surface area contributed by atoms with Gasteiger partial charge in [0, 0.05) is 7.05 Å². The van der Waals surface area contributed by atoms with Crippen molar-refractivity contribution >= 4 is 19.9 Å². The highest BCUT2D eigenvalue weighted by Crippen LogP contribution is 2.21. The molecular formula is C14H24N2O6S2. The van der Waals surface area contributed by atoms with Crippen LogP contribution in [0.15, 0.2) is 16.5 Å². The van der Waals surface area contributed by atoms with Crippen LogP contribution in [0.1, 0.15) is 18.4 Å². The summed E-state index contributed by atoms with van der Waals surface area (Å²) in [5.74, 6) is 0.835. The van der Waals surface area contributed by atoms with Crippen molar-refractivity contribution in [2.75, 3.05) is 31.4 Å².